The summed E-state index contributed by atoms with van der Waals surface area (Å²) in [5, 5.41) is 0. The highest BCUT2D eigenvalue weighted by Crippen LogP contribution is 2.17. The molecule has 0 bridgehead atoms. The van der Waals surface area contributed by atoms with Gasteiger partial charge in [0.25, 0.3) is 0 Å². The molecule has 2 aromatic rings. The van der Waals surface area contributed by atoms with E-state index in [0.29, 0.717) is 0 Å². The highest BCUT2D eigenvalue weighted by Gasteiger charge is 2.22. The zero-order valence-electron chi connectivity index (χ0n) is 13.3. The van der Waals surface area contributed by atoms with Crippen LogP contribution >= 0.6 is 0 Å². The molecule has 0 heterocycles. The minimum absolute atomic E-state index is 0.0542. The van der Waals surface area contributed by atoms with Crippen LogP contribution in [0.4, 0.5) is 5.69 Å². The average molecular weight is 294 g/mol. The molecule has 0 radical (unpaired) electrons. The maximum Gasteiger partial charge on any atom is 0.248 e. The molecule has 0 aliphatic rings. The summed E-state index contributed by atoms with van der Waals surface area (Å²) in [6, 6.07) is 19.6. The molecule has 0 N–H and O–H groups in total. The lowest BCUT2D eigenvalue weighted by molar-refractivity contribution is -0.128. The van der Waals surface area contributed by atoms with Crippen LogP contribution in [0.25, 0.3) is 6.08 Å². The molecule has 1 amide bonds. The Morgan fingerprint density at radius 1 is 0.909 bits per heavy atom. The third-order valence-electron chi connectivity index (χ3n) is 3.55. The fourth-order valence-corrected chi connectivity index (χ4v) is 2.23. The van der Waals surface area contributed by atoms with Crippen molar-refractivity contribution in [3.05, 3.63) is 72.3 Å². The third-order valence-corrected chi connectivity index (χ3v) is 3.55. The molecule has 0 aliphatic carbocycles. The van der Waals surface area contributed by atoms with Crippen molar-refractivity contribution in [3.63, 3.8) is 0 Å². The van der Waals surface area contributed by atoms with Crippen molar-refractivity contribution in [2.45, 2.75) is 6.04 Å². The summed E-state index contributed by atoms with van der Waals surface area (Å²) >= 11 is 0. The highest BCUT2D eigenvalue weighted by atomic mass is 16.2. The fourth-order valence-electron chi connectivity index (χ4n) is 2.23. The molecule has 1 unspecified atom stereocenters. The molecule has 2 rings (SSSR count). The Bertz CT molecular complexity index is 620. The largest absolute Gasteiger partial charge is 0.360 e. The summed E-state index contributed by atoms with van der Waals surface area (Å²) in [7, 11) is 5.51. The quantitative estimate of drug-likeness (QED) is 0.845. The minimum Gasteiger partial charge on any atom is -0.360 e. The van der Waals surface area contributed by atoms with Crippen LogP contribution in [-0.2, 0) is 4.79 Å². The Kier molecular flexibility index (Phi) is 5.37. The number of benzene rings is 2. The zero-order valence-corrected chi connectivity index (χ0v) is 13.3. The first kappa shape index (κ1) is 15.8. The van der Waals surface area contributed by atoms with Crippen molar-refractivity contribution in [2.24, 2.45) is 0 Å². The molecular weight excluding hydrogens is 272 g/mol. The number of para-hydroxylation sites is 1. The summed E-state index contributed by atoms with van der Waals surface area (Å²) < 4.78 is 0. The highest BCUT2D eigenvalue weighted by molar-refractivity contribution is 5.88. The van der Waals surface area contributed by atoms with Crippen molar-refractivity contribution in [1.29, 1.82) is 0 Å². The van der Waals surface area contributed by atoms with E-state index in [4.69, 9.17) is 0 Å². The second kappa shape index (κ2) is 7.46. The first-order valence-electron chi connectivity index (χ1n) is 7.32. The Morgan fingerprint density at radius 2 is 1.45 bits per heavy atom. The Labute approximate surface area is 132 Å². The molecule has 0 saturated carbocycles. The number of carbonyl (C=O) groups excluding carboxylic acids is 1. The molecule has 2 aromatic carbocycles. The van der Waals surface area contributed by atoms with E-state index in [1.54, 1.807) is 19.0 Å². The first-order chi connectivity index (χ1) is 10.6. The summed E-state index contributed by atoms with van der Waals surface area (Å²) in [5.41, 5.74) is 2.10. The summed E-state index contributed by atoms with van der Waals surface area (Å²) in [6.45, 7) is 0. The van der Waals surface area contributed by atoms with Gasteiger partial charge in [0.15, 0.2) is 0 Å². The van der Waals surface area contributed by atoms with E-state index in [1.165, 1.54) is 0 Å². The standard InChI is InChI=1S/C19H22N2O/c1-20(2)19(22)18(15-14-16-10-6-4-7-11-16)21(3)17-12-8-5-9-13-17/h4-15,18H,1-3H3/b15-14+. The van der Waals surface area contributed by atoms with Crippen molar-refractivity contribution < 1.29 is 4.79 Å². The van der Waals surface area contributed by atoms with Crippen LogP contribution < -0.4 is 4.90 Å². The number of nitrogens with zero attached hydrogens (tertiary/aromatic N) is 2. The van der Waals surface area contributed by atoms with Gasteiger partial charge in [-0.05, 0) is 17.7 Å². The number of amides is 1. The fraction of sp³-hybridized carbons (Fsp3) is 0.211. The summed E-state index contributed by atoms with van der Waals surface area (Å²) in [5.74, 6) is 0.0542. The first-order valence-corrected chi connectivity index (χ1v) is 7.32. The van der Waals surface area contributed by atoms with Gasteiger partial charge in [0.05, 0.1) is 0 Å². The molecule has 22 heavy (non-hydrogen) atoms. The number of carbonyl (C=O) groups is 1. The van der Waals surface area contributed by atoms with Crippen LogP contribution in [0.3, 0.4) is 0 Å². The molecule has 0 fully saturated rings. The predicted molar refractivity (Wildman–Crippen MR) is 92.8 cm³/mol. The minimum atomic E-state index is -0.336. The van der Waals surface area contributed by atoms with E-state index >= 15 is 0 Å². The van der Waals surface area contributed by atoms with Crippen LogP contribution in [0.5, 0.6) is 0 Å². The smallest absolute Gasteiger partial charge is 0.248 e. The molecule has 0 saturated heterocycles. The van der Waals surface area contributed by atoms with Crippen LogP contribution in [-0.4, -0.2) is 38.0 Å². The van der Waals surface area contributed by atoms with E-state index in [-0.39, 0.29) is 11.9 Å². The summed E-state index contributed by atoms with van der Waals surface area (Å²) in [4.78, 5) is 16.1. The van der Waals surface area contributed by atoms with Gasteiger partial charge in [-0.1, -0.05) is 60.7 Å². The normalized spacial score (nSPS) is 12.1. The number of anilines is 1. The van der Waals surface area contributed by atoms with Crippen molar-refractivity contribution >= 4 is 17.7 Å². The SMILES string of the molecule is CN(C)C(=O)C(/C=C/c1ccccc1)N(C)c1ccccc1. The second-order valence-electron chi connectivity index (χ2n) is 5.39. The van der Waals surface area contributed by atoms with Crippen LogP contribution in [0, 0.1) is 0 Å². The van der Waals surface area contributed by atoms with Gasteiger partial charge in [-0.3, -0.25) is 4.79 Å². The monoisotopic (exact) mass is 294 g/mol. The number of rotatable bonds is 5. The van der Waals surface area contributed by atoms with Crippen molar-refractivity contribution in [3.8, 4) is 0 Å². The number of hydrogen-bond donors (Lipinski definition) is 0. The van der Waals surface area contributed by atoms with E-state index < -0.39 is 0 Å². The molecule has 114 valence electrons. The lowest BCUT2D eigenvalue weighted by Gasteiger charge is -2.29. The van der Waals surface area contributed by atoms with E-state index in [1.807, 2.05) is 84.8 Å². The van der Waals surface area contributed by atoms with E-state index in [9.17, 15) is 4.79 Å². The number of hydrogen-bond acceptors (Lipinski definition) is 2. The van der Waals surface area contributed by atoms with Crippen LogP contribution in [0.1, 0.15) is 5.56 Å². The Balaban J connectivity index is 2.27. The van der Waals surface area contributed by atoms with Gasteiger partial charge in [0.1, 0.15) is 6.04 Å². The number of likely N-dealkylation sites (N-methyl/N-ethyl adjacent to an activating group) is 2. The van der Waals surface area contributed by atoms with Crippen LogP contribution in [0.2, 0.25) is 0 Å². The maximum atomic E-state index is 12.5. The van der Waals surface area contributed by atoms with Gasteiger partial charge in [0.2, 0.25) is 5.91 Å². The molecule has 0 aromatic heterocycles. The predicted octanol–water partition coefficient (Wildman–Crippen LogP) is 3.29. The van der Waals surface area contributed by atoms with Crippen molar-refractivity contribution in [1.82, 2.24) is 4.90 Å². The van der Waals surface area contributed by atoms with Crippen LogP contribution in [0.15, 0.2) is 66.7 Å². The molecule has 1 atom stereocenters. The second-order valence-corrected chi connectivity index (χ2v) is 5.39. The third kappa shape index (κ3) is 3.98. The van der Waals surface area contributed by atoms with Gasteiger partial charge < -0.3 is 9.80 Å². The zero-order chi connectivity index (χ0) is 15.9. The molecule has 3 heteroatoms. The Hall–Kier alpha value is -2.55. The lowest BCUT2D eigenvalue weighted by Crippen LogP contribution is -2.43. The van der Waals surface area contributed by atoms with E-state index in [0.717, 1.165) is 11.3 Å². The lowest BCUT2D eigenvalue weighted by atomic mass is 10.1. The van der Waals surface area contributed by atoms with Gasteiger partial charge in [0, 0.05) is 26.8 Å². The Morgan fingerprint density at radius 3 is 2.00 bits per heavy atom. The molecule has 0 aliphatic heterocycles. The van der Waals surface area contributed by atoms with E-state index in [2.05, 4.69) is 0 Å². The topological polar surface area (TPSA) is 23.6 Å². The van der Waals surface area contributed by atoms with Gasteiger partial charge >= 0.3 is 0 Å². The van der Waals surface area contributed by atoms with Gasteiger partial charge in [-0.25, -0.2) is 0 Å². The van der Waals surface area contributed by atoms with Gasteiger partial charge in [-0.15, -0.1) is 0 Å². The molecular formula is C19H22N2O. The average Bonchev–Trinajstić information content (AvgIpc) is 2.56. The molecule has 0 spiro atoms. The van der Waals surface area contributed by atoms with Gasteiger partial charge in [-0.2, -0.15) is 0 Å². The van der Waals surface area contributed by atoms with Crippen molar-refractivity contribution in [2.75, 3.05) is 26.0 Å². The summed E-state index contributed by atoms with van der Waals surface area (Å²) in [6.07, 6.45) is 3.94. The maximum absolute atomic E-state index is 12.5. The molecule has 3 nitrogen and oxygen atoms in total.